The molecule has 1 unspecified atom stereocenters. The van der Waals surface area contributed by atoms with Crippen molar-refractivity contribution in [2.75, 3.05) is 19.4 Å². The van der Waals surface area contributed by atoms with E-state index in [1.165, 1.54) is 36.0 Å². The number of alkyl halides is 1. The molecule has 0 aromatic heterocycles. The summed E-state index contributed by atoms with van der Waals surface area (Å²) in [5, 5.41) is 0. The maximum Gasteiger partial charge on any atom is 0.380 e. The number of sulfonamides is 1. The van der Waals surface area contributed by atoms with E-state index in [0.29, 0.717) is 10.6 Å². The standard InChI is InChI=1S/C17H16BrF2NO5S2/c1-25-17(22)16(20)26-15-7-4-12(10-14(15)19)27-9-8-21-28(23,24)13-5-2-11(18)3-6-13/h2-7,10,16,21H,8-9H2,1H3. The van der Waals surface area contributed by atoms with Gasteiger partial charge in [-0.25, -0.2) is 22.3 Å². The lowest BCUT2D eigenvalue weighted by atomic mass is 10.3. The highest BCUT2D eigenvalue weighted by atomic mass is 79.9. The monoisotopic (exact) mass is 495 g/mol. The summed E-state index contributed by atoms with van der Waals surface area (Å²) in [7, 11) is -2.65. The van der Waals surface area contributed by atoms with Crippen LogP contribution < -0.4 is 9.46 Å². The Morgan fingerprint density at radius 1 is 1.25 bits per heavy atom. The summed E-state index contributed by atoms with van der Waals surface area (Å²) in [6, 6.07) is 9.94. The zero-order chi connectivity index (χ0) is 20.7. The summed E-state index contributed by atoms with van der Waals surface area (Å²) in [5.41, 5.74) is 0. The number of esters is 1. The van der Waals surface area contributed by atoms with Crippen molar-refractivity contribution in [2.45, 2.75) is 16.1 Å². The molecule has 28 heavy (non-hydrogen) atoms. The summed E-state index contributed by atoms with van der Waals surface area (Å²) >= 11 is 4.43. The Labute approximate surface area is 173 Å². The second-order valence-electron chi connectivity index (χ2n) is 5.25. The minimum absolute atomic E-state index is 0.123. The molecule has 2 aromatic rings. The zero-order valence-electron chi connectivity index (χ0n) is 14.5. The van der Waals surface area contributed by atoms with Crippen LogP contribution in [-0.4, -0.2) is 40.2 Å². The van der Waals surface area contributed by atoms with E-state index in [9.17, 15) is 22.0 Å². The molecule has 0 amide bonds. The third kappa shape index (κ3) is 6.43. The number of carbonyl (C=O) groups excluding carboxylic acids is 1. The number of carbonyl (C=O) groups is 1. The van der Waals surface area contributed by atoms with Crippen LogP contribution in [0, 0.1) is 5.82 Å². The average molecular weight is 496 g/mol. The molecule has 1 atom stereocenters. The van der Waals surface area contributed by atoms with Crippen LogP contribution in [0.2, 0.25) is 0 Å². The lowest BCUT2D eigenvalue weighted by Gasteiger charge is -2.11. The lowest BCUT2D eigenvalue weighted by molar-refractivity contribution is -0.157. The number of hydrogen-bond acceptors (Lipinski definition) is 6. The largest absolute Gasteiger partial charge is 0.464 e. The second kappa shape index (κ2) is 10.2. The van der Waals surface area contributed by atoms with Gasteiger partial charge in [0.2, 0.25) is 10.0 Å². The van der Waals surface area contributed by atoms with Gasteiger partial charge in [0.1, 0.15) is 0 Å². The van der Waals surface area contributed by atoms with Crippen LogP contribution in [0.5, 0.6) is 5.75 Å². The van der Waals surface area contributed by atoms with E-state index in [-0.39, 0.29) is 11.4 Å². The Morgan fingerprint density at radius 2 is 1.93 bits per heavy atom. The second-order valence-corrected chi connectivity index (χ2v) is 9.10. The van der Waals surface area contributed by atoms with Crippen LogP contribution >= 0.6 is 27.7 Å². The fourth-order valence-electron chi connectivity index (χ4n) is 1.96. The van der Waals surface area contributed by atoms with Gasteiger partial charge in [0.25, 0.3) is 0 Å². The van der Waals surface area contributed by atoms with Crippen molar-refractivity contribution in [3.63, 3.8) is 0 Å². The molecule has 0 heterocycles. The number of hydrogen-bond donors (Lipinski definition) is 1. The van der Waals surface area contributed by atoms with E-state index in [4.69, 9.17) is 0 Å². The molecule has 11 heteroatoms. The van der Waals surface area contributed by atoms with Crippen LogP contribution in [0.4, 0.5) is 8.78 Å². The number of nitrogens with one attached hydrogen (secondary N) is 1. The zero-order valence-corrected chi connectivity index (χ0v) is 17.7. The maximum absolute atomic E-state index is 14.0. The quantitative estimate of drug-likeness (QED) is 0.325. The smallest absolute Gasteiger partial charge is 0.380 e. The number of benzene rings is 2. The molecule has 2 rings (SSSR count). The first-order valence-electron chi connectivity index (χ1n) is 7.79. The van der Waals surface area contributed by atoms with Gasteiger partial charge in [-0.15, -0.1) is 11.8 Å². The molecule has 0 fully saturated rings. The first-order valence-corrected chi connectivity index (χ1v) is 11.1. The highest BCUT2D eigenvalue weighted by molar-refractivity contribution is 9.10. The molecule has 0 bridgehead atoms. The third-order valence-corrected chi connectivity index (χ3v) is 6.31. The van der Waals surface area contributed by atoms with Crippen molar-refractivity contribution in [3.8, 4) is 5.75 Å². The van der Waals surface area contributed by atoms with Gasteiger partial charge in [-0.3, -0.25) is 0 Å². The number of halogens is 3. The number of ether oxygens (including phenoxy) is 2. The van der Waals surface area contributed by atoms with E-state index >= 15 is 0 Å². The van der Waals surface area contributed by atoms with Gasteiger partial charge in [-0.1, -0.05) is 15.9 Å². The molecule has 0 spiro atoms. The Morgan fingerprint density at radius 3 is 2.54 bits per heavy atom. The van der Waals surface area contributed by atoms with Crippen molar-refractivity contribution in [1.29, 1.82) is 0 Å². The SMILES string of the molecule is COC(=O)C(F)Oc1ccc(SCCNS(=O)(=O)c2ccc(Br)cc2)cc1F. The van der Waals surface area contributed by atoms with Crippen molar-refractivity contribution < 1.29 is 31.5 Å². The molecule has 0 aliphatic rings. The van der Waals surface area contributed by atoms with Gasteiger partial charge in [-0.05, 0) is 42.5 Å². The maximum atomic E-state index is 14.0. The first-order chi connectivity index (χ1) is 13.2. The predicted molar refractivity (Wildman–Crippen MR) is 104 cm³/mol. The van der Waals surface area contributed by atoms with Crippen LogP contribution in [0.3, 0.4) is 0 Å². The minimum atomic E-state index is -3.63. The first kappa shape index (κ1) is 22.6. The normalized spacial score (nSPS) is 12.4. The minimum Gasteiger partial charge on any atom is -0.464 e. The van der Waals surface area contributed by atoms with Crippen molar-refractivity contribution in [1.82, 2.24) is 4.72 Å². The highest BCUT2D eigenvalue weighted by Crippen LogP contribution is 2.26. The fourth-order valence-corrected chi connectivity index (χ4v) is 4.18. The van der Waals surface area contributed by atoms with Crippen molar-refractivity contribution in [3.05, 3.63) is 52.8 Å². The summed E-state index contributed by atoms with van der Waals surface area (Å²) < 4.78 is 63.5. The van der Waals surface area contributed by atoms with Crippen molar-refractivity contribution >= 4 is 43.7 Å². The molecule has 152 valence electrons. The van der Waals surface area contributed by atoms with Crippen LogP contribution in [0.15, 0.2) is 56.7 Å². The Bertz CT molecular complexity index is 926. The fraction of sp³-hybridized carbons (Fsp3) is 0.235. The molecule has 0 radical (unpaired) electrons. The number of methoxy groups -OCH3 is 1. The van der Waals surface area contributed by atoms with E-state index < -0.39 is 33.9 Å². The molecular weight excluding hydrogens is 480 g/mol. The predicted octanol–water partition coefficient (Wildman–Crippen LogP) is 3.51. The van der Waals surface area contributed by atoms with E-state index in [1.807, 2.05) is 0 Å². The molecular formula is C17H16BrF2NO5S2. The molecule has 6 nitrogen and oxygen atoms in total. The molecule has 0 saturated heterocycles. The molecule has 0 saturated carbocycles. The summed E-state index contributed by atoms with van der Waals surface area (Å²) in [6.45, 7) is 0.123. The van der Waals surface area contributed by atoms with Crippen molar-refractivity contribution in [2.24, 2.45) is 0 Å². The molecule has 2 aromatic carbocycles. The van der Waals surface area contributed by atoms with Gasteiger partial charge in [-0.2, -0.15) is 4.39 Å². The Kier molecular flexibility index (Phi) is 8.23. The summed E-state index contributed by atoms with van der Waals surface area (Å²) in [6.07, 6.45) is -2.42. The van der Waals surface area contributed by atoms with Crippen LogP contribution in [-0.2, 0) is 19.6 Å². The van der Waals surface area contributed by atoms with Gasteiger partial charge < -0.3 is 9.47 Å². The van der Waals surface area contributed by atoms with Gasteiger partial charge in [0, 0.05) is 21.7 Å². The number of thioether (sulfide) groups is 1. The van der Waals surface area contributed by atoms with E-state index in [1.54, 1.807) is 12.1 Å². The molecule has 0 aliphatic carbocycles. The molecule has 0 aliphatic heterocycles. The van der Waals surface area contributed by atoms with Crippen LogP contribution in [0.25, 0.3) is 0 Å². The lowest BCUT2D eigenvalue weighted by Crippen LogP contribution is -2.26. The highest BCUT2D eigenvalue weighted by Gasteiger charge is 2.21. The van der Waals surface area contributed by atoms with Gasteiger partial charge >= 0.3 is 12.3 Å². The topological polar surface area (TPSA) is 81.7 Å². The van der Waals surface area contributed by atoms with Gasteiger partial charge in [0.15, 0.2) is 11.6 Å². The third-order valence-electron chi connectivity index (χ3n) is 3.31. The van der Waals surface area contributed by atoms with E-state index in [2.05, 4.69) is 30.1 Å². The Balaban J connectivity index is 1.87. The average Bonchev–Trinajstić information content (AvgIpc) is 2.66. The summed E-state index contributed by atoms with van der Waals surface area (Å²) in [4.78, 5) is 11.6. The Hall–Kier alpha value is -1.69. The van der Waals surface area contributed by atoms with Crippen LogP contribution in [0.1, 0.15) is 0 Å². The number of rotatable bonds is 9. The summed E-state index contributed by atoms with van der Waals surface area (Å²) in [5.74, 6) is -2.22. The molecule has 1 N–H and O–H groups in total. The van der Waals surface area contributed by atoms with Gasteiger partial charge in [0.05, 0.1) is 12.0 Å². The van der Waals surface area contributed by atoms with E-state index in [0.717, 1.165) is 17.6 Å².